The van der Waals surface area contributed by atoms with Crippen molar-refractivity contribution >= 4 is 23.5 Å². The highest BCUT2D eigenvalue weighted by Crippen LogP contribution is 2.26. The maximum Gasteiger partial charge on any atom is 0.260 e. The lowest BCUT2D eigenvalue weighted by atomic mass is 10.2. The van der Waals surface area contributed by atoms with Gasteiger partial charge in [-0.15, -0.1) is 0 Å². The number of rotatable bonds is 12. The standard InChI is InChI=1S/C28H30FN5O4.CH4/c1-3-25(35)33(2)19-20-10-12-22(13-11-20)38-27-24(29)18-30-28(32-27)31-21-7-4-8-23(17-21)37-16-6-15-34-14-5-9-26(34)36;/h3-4,7-8,10-13,17-18H,1,5-6,9,14-16,19H2,2H3,(H,30,31,32);1H4. The van der Waals surface area contributed by atoms with Crippen LogP contribution in [0.4, 0.5) is 16.0 Å². The third-order valence-electron chi connectivity index (χ3n) is 5.92. The predicted molar refractivity (Wildman–Crippen MR) is 148 cm³/mol. The minimum atomic E-state index is -0.704. The van der Waals surface area contributed by atoms with Gasteiger partial charge in [-0.25, -0.2) is 4.98 Å². The molecule has 0 spiro atoms. The second-order valence-electron chi connectivity index (χ2n) is 8.83. The lowest BCUT2D eigenvalue weighted by Crippen LogP contribution is -2.26. The number of nitrogens with zero attached hydrogens (tertiary/aromatic N) is 4. The van der Waals surface area contributed by atoms with Crippen molar-refractivity contribution in [1.82, 2.24) is 19.8 Å². The molecule has 0 bridgehead atoms. The van der Waals surface area contributed by atoms with Crippen molar-refractivity contribution in [3.63, 3.8) is 0 Å². The molecule has 0 atom stereocenters. The fourth-order valence-corrected chi connectivity index (χ4v) is 3.94. The van der Waals surface area contributed by atoms with Crippen LogP contribution in [0.1, 0.15) is 32.3 Å². The van der Waals surface area contributed by atoms with Crippen LogP contribution in [0.5, 0.6) is 17.4 Å². The number of likely N-dealkylation sites (N-methyl/N-ethyl adjacent to an activating group) is 1. The van der Waals surface area contributed by atoms with Gasteiger partial charge in [-0.2, -0.15) is 9.37 Å². The third kappa shape index (κ3) is 8.26. The minimum absolute atomic E-state index is 0. The summed E-state index contributed by atoms with van der Waals surface area (Å²) in [6.45, 7) is 5.88. The quantitative estimate of drug-likeness (QED) is 0.248. The van der Waals surface area contributed by atoms with E-state index in [9.17, 15) is 14.0 Å². The molecule has 4 rings (SSSR count). The van der Waals surface area contributed by atoms with E-state index in [0.717, 1.165) is 31.1 Å². The van der Waals surface area contributed by atoms with Gasteiger partial charge in [0.2, 0.25) is 23.6 Å². The molecule has 2 heterocycles. The van der Waals surface area contributed by atoms with E-state index in [4.69, 9.17) is 9.47 Å². The Morgan fingerprint density at radius 3 is 2.74 bits per heavy atom. The van der Waals surface area contributed by atoms with Gasteiger partial charge in [-0.3, -0.25) is 9.59 Å². The number of ether oxygens (including phenoxy) is 2. The van der Waals surface area contributed by atoms with Gasteiger partial charge in [-0.1, -0.05) is 32.2 Å². The van der Waals surface area contributed by atoms with Crippen LogP contribution in [0.2, 0.25) is 0 Å². The molecule has 0 unspecified atom stereocenters. The molecule has 1 saturated heterocycles. The summed E-state index contributed by atoms with van der Waals surface area (Å²) in [5.41, 5.74) is 1.55. The van der Waals surface area contributed by atoms with Crippen molar-refractivity contribution in [2.45, 2.75) is 33.2 Å². The molecule has 0 aliphatic carbocycles. The Morgan fingerprint density at radius 2 is 2.03 bits per heavy atom. The highest BCUT2D eigenvalue weighted by atomic mass is 19.1. The number of halogens is 1. The van der Waals surface area contributed by atoms with E-state index in [1.165, 1.54) is 11.0 Å². The van der Waals surface area contributed by atoms with E-state index in [0.29, 0.717) is 43.3 Å². The number of carbonyl (C=O) groups excluding carboxylic acids is 2. The van der Waals surface area contributed by atoms with Gasteiger partial charge in [0.05, 0.1) is 12.8 Å². The SMILES string of the molecule is C.C=CC(=O)N(C)Cc1ccc(Oc2nc(Nc3cccc(OCCCN4CCCC4=O)c3)ncc2F)cc1. The summed E-state index contributed by atoms with van der Waals surface area (Å²) in [6.07, 6.45) is 4.60. The highest BCUT2D eigenvalue weighted by molar-refractivity contribution is 5.86. The Balaban J connectivity index is 0.00000420. The minimum Gasteiger partial charge on any atom is -0.493 e. The van der Waals surface area contributed by atoms with E-state index in [2.05, 4.69) is 21.9 Å². The number of hydrogen-bond donors (Lipinski definition) is 1. The van der Waals surface area contributed by atoms with E-state index < -0.39 is 5.82 Å². The van der Waals surface area contributed by atoms with Crippen LogP contribution in [-0.4, -0.2) is 58.3 Å². The number of likely N-dealkylation sites (tertiary alicyclic amines) is 1. The first-order chi connectivity index (χ1) is 18.4. The zero-order chi connectivity index (χ0) is 26.9. The van der Waals surface area contributed by atoms with Crippen LogP contribution in [0.3, 0.4) is 0 Å². The van der Waals surface area contributed by atoms with Crippen molar-refractivity contribution in [1.29, 1.82) is 0 Å². The topological polar surface area (TPSA) is 96.9 Å². The number of carbonyl (C=O) groups is 2. The summed E-state index contributed by atoms with van der Waals surface area (Å²) < 4.78 is 25.8. The Morgan fingerprint density at radius 1 is 1.23 bits per heavy atom. The van der Waals surface area contributed by atoms with Gasteiger partial charge >= 0.3 is 0 Å². The number of hydrogen-bond acceptors (Lipinski definition) is 7. The molecule has 1 aromatic heterocycles. The molecule has 1 fully saturated rings. The second-order valence-corrected chi connectivity index (χ2v) is 8.83. The third-order valence-corrected chi connectivity index (χ3v) is 5.92. The molecule has 2 amide bonds. The van der Waals surface area contributed by atoms with Crippen molar-refractivity contribution in [3.05, 3.63) is 78.8 Å². The van der Waals surface area contributed by atoms with Gasteiger partial charge in [0, 0.05) is 44.9 Å². The number of nitrogens with one attached hydrogen (secondary N) is 1. The Labute approximate surface area is 228 Å². The predicted octanol–water partition coefficient (Wildman–Crippen LogP) is 5.32. The summed E-state index contributed by atoms with van der Waals surface area (Å²) >= 11 is 0. The fourth-order valence-electron chi connectivity index (χ4n) is 3.94. The van der Waals surface area contributed by atoms with Gasteiger partial charge in [0.15, 0.2) is 0 Å². The number of anilines is 2. The first kappa shape index (κ1) is 29.1. The second kappa shape index (κ2) is 13.9. The van der Waals surface area contributed by atoms with Gasteiger partial charge in [0.25, 0.3) is 5.88 Å². The van der Waals surface area contributed by atoms with E-state index >= 15 is 0 Å². The maximum atomic E-state index is 14.4. The van der Waals surface area contributed by atoms with Crippen molar-refractivity contribution in [2.24, 2.45) is 0 Å². The van der Waals surface area contributed by atoms with Gasteiger partial charge in [-0.05, 0) is 48.7 Å². The summed E-state index contributed by atoms with van der Waals surface area (Å²) in [5, 5.41) is 3.04. The van der Waals surface area contributed by atoms with E-state index in [-0.39, 0.29) is 31.1 Å². The van der Waals surface area contributed by atoms with Gasteiger partial charge in [0.1, 0.15) is 11.5 Å². The van der Waals surface area contributed by atoms with E-state index in [1.54, 1.807) is 37.4 Å². The maximum absolute atomic E-state index is 14.4. The van der Waals surface area contributed by atoms with Crippen LogP contribution >= 0.6 is 0 Å². The largest absolute Gasteiger partial charge is 0.493 e. The average Bonchev–Trinajstić information content (AvgIpc) is 3.33. The van der Waals surface area contributed by atoms with Crippen molar-refractivity contribution < 1.29 is 23.5 Å². The highest BCUT2D eigenvalue weighted by Gasteiger charge is 2.19. The molecule has 1 N–H and O–H groups in total. The zero-order valence-electron chi connectivity index (χ0n) is 21.2. The zero-order valence-corrected chi connectivity index (χ0v) is 21.2. The normalized spacial score (nSPS) is 12.5. The lowest BCUT2D eigenvalue weighted by molar-refractivity contribution is -0.128. The summed E-state index contributed by atoms with van der Waals surface area (Å²) in [4.78, 5) is 34.9. The van der Waals surface area contributed by atoms with E-state index in [1.807, 2.05) is 23.1 Å². The van der Waals surface area contributed by atoms with Crippen LogP contribution < -0.4 is 14.8 Å². The van der Waals surface area contributed by atoms with Crippen LogP contribution in [-0.2, 0) is 16.1 Å². The number of benzene rings is 2. The summed E-state index contributed by atoms with van der Waals surface area (Å²) in [5.74, 6) is 0.305. The molecular weight excluding hydrogens is 501 g/mol. The smallest absolute Gasteiger partial charge is 0.260 e. The molecular formula is C29H34FN5O4. The Bertz CT molecular complexity index is 1280. The molecule has 3 aromatic rings. The number of aromatic nitrogens is 2. The Kier molecular flexibility index (Phi) is 10.4. The first-order valence-electron chi connectivity index (χ1n) is 12.4. The molecule has 1 aliphatic rings. The molecule has 0 saturated carbocycles. The summed E-state index contributed by atoms with van der Waals surface area (Å²) in [7, 11) is 1.68. The molecule has 1 aliphatic heterocycles. The average molecular weight is 536 g/mol. The molecule has 10 heteroatoms. The molecule has 2 aromatic carbocycles. The van der Waals surface area contributed by atoms with Crippen LogP contribution in [0.25, 0.3) is 0 Å². The van der Waals surface area contributed by atoms with Crippen LogP contribution in [0, 0.1) is 5.82 Å². The molecule has 9 nitrogen and oxygen atoms in total. The number of amides is 2. The summed E-state index contributed by atoms with van der Waals surface area (Å²) in [6, 6.07) is 14.2. The molecule has 206 valence electrons. The van der Waals surface area contributed by atoms with Gasteiger partial charge < -0.3 is 24.6 Å². The Hall–Kier alpha value is -4.47. The fraction of sp³-hybridized carbons (Fsp3) is 0.310. The lowest BCUT2D eigenvalue weighted by Gasteiger charge is -2.15. The monoisotopic (exact) mass is 535 g/mol. The first-order valence-corrected chi connectivity index (χ1v) is 12.4. The van der Waals surface area contributed by atoms with Crippen molar-refractivity contribution in [3.8, 4) is 17.4 Å². The molecule has 0 radical (unpaired) electrons. The van der Waals surface area contributed by atoms with Crippen molar-refractivity contribution in [2.75, 3.05) is 32.1 Å². The molecule has 39 heavy (non-hydrogen) atoms. The van der Waals surface area contributed by atoms with Crippen LogP contribution in [0.15, 0.2) is 67.4 Å².